The summed E-state index contributed by atoms with van der Waals surface area (Å²) in [4.78, 5) is 45.9. The van der Waals surface area contributed by atoms with E-state index < -0.39 is 35.1 Å². The fourth-order valence-electron chi connectivity index (χ4n) is 3.88. The van der Waals surface area contributed by atoms with Crippen molar-refractivity contribution in [2.75, 3.05) is 24.5 Å². The Morgan fingerprint density at radius 1 is 1.12 bits per heavy atom. The molecule has 8 nitrogen and oxygen atoms in total. The Kier molecular flexibility index (Phi) is 5.24. The number of likely N-dealkylation sites (tertiary alicyclic amines) is 1. The summed E-state index contributed by atoms with van der Waals surface area (Å²) in [6.07, 6.45) is -3.15. The molecule has 1 spiro atoms. The lowest BCUT2D eigenvalue weighted by Gasteiger charge is -2.57. The van der Waals surface area contributed by atoms with Crippen molar-refractivity contribution in [3.63, 3.8) is 0 Å². The minimum absolute atomic E-state index is 0.100. The van der Waals surface area contributed by atoms with Gasteiger partial charge in [-0.3, -0.25) is 14.5 Å². The van der Waals surface area contributed by atoms with Crippen molar-refractivity contribution in [2.24, 2.45) is 5.73 Å². The van der Waals surface area contributed by atoms with Crippen LogP contribution in [0.15, 0.2) is 42.6 Å². The predicted octanol–water partition coefficient (Wildman–Crippen LogP) is 2.26. The summed E-state index contributed by atoms with van der Waals surface area (Å²) in [6, 6.07) is 6.62. The molecule has 0 aliphatic carbocycles. The Hall–Kier alpha value is -3.34. The number of pyridine rings is 1. The number of benzene rings is 1. The Morgan fingerprint density at radius 2 is 1.78 bits per heavy atom. The molecule has 2 aromatic rings. The third-order valence-corrected chi connectivity index (χ3v) is 5.80. The van der Waals surface area contributed by atoms with Crippen LogP contribution >= 0.6 is 11.6 Å². The number of piperazine rings is 1. The zero-order chi connectivity index (χ0) is 23.3. The van der Waals surface area contributed by atoms with Gasteiger partial charge in [0.15, 0.2) is 5.54 Å². The Labute approximate surface area is 185 Å². The zero-order valence-electron chi connectivity index (χ0n) is 16.5. The predicted molar refractivity (Wildman–Crippen MR) is 107 cm³/mol. The number of carbonyl (C=O) groups is 3. The molecule has 0 bridgehead atoms. The van der Waals surface area contributed by atoms with Gasteiger partial charge < -0.3 is 15.5 Å². The van der Waals surface area contributed by atoms with Crippen LogP contribution in [0, 0.1) is 0 Å². The molecule has 0 unspecified atom stereocenters. The lowest BCUT2D eigenvalue weighted by atomic mass is 9.83. The smallest absolute Gasteiger partial charge is 0.351 e. The quantitative estimate of drug-likeness (QED) is 0.748. The van der Waals surface area contributed by atoms with Crippen molar-refractivity contribution in [1.82, 2.24) is 14.8 Å². The first-order chi connectivity index (χ1) is 15.0. The van der Waals surface area contributed by atoms with E-state index in [1.54, 1.807) is 0 Å². The van der Waals surface area contributed by atoms with E-state index in [0.717, 1.165) is 12.1 Å². The van der Waals surface area contributed by atoms with Gasteiger partial charge in [0.2, 0.25) is 5.91 Å². The van der Waals surface area contributed by atoms with Gasteiger partial charge in [-0.1, -0.05) is 23.7 Å². The maximum absolute atomic E-state index is 13.4. The first-order valence-corrected chi connectivity index (χ1v) is 9.83. The van der Waals surface area contributed by atoms with Crippen LogP contribution in [0.5, 0.6) is 0 Å². The number of amides is 4. The minimum Gasteiger partial charge on any atom is -0.351 e. The van der Waals surface area contributed by atoms with Crippen LogP contribution in [0.4, 0.5) is 23.8 Å². The molecule has 168 valence electrons. The number of nitrogens with two attached hydrogens (primary N) is 1. The van der Waals surface area contributed by atoms with Gasteiger partial charge in [0, 0.05) is 12.7 Å². The number of primary amides is 1. The average molecular weight is 468 g/mol. The molecule has 0 saturated carbocycles. The van der Waals surface area contributed by atoms with Crippen molar-refractivity contribution in [3.05, 3.63) is 58.7 Å². The van der Waals surface area contributed by atoms with Gasteiger partial charge in [0.25, 0.3) is 5.91 Å². The van der Waals surface area contributed by atoms with E-state index in [9.17, 15) is 27.6 Å². The van der Waals surface area contributed by atoms with Crippen molar-refractivity contribution in [3.8, 4) is 0 Å². The molecule has 3 heterocycles. The minimum atomic E-state index is -4.49. The van der Waals surface area contributed by atoms with Crippen LogP contribution in [-0.4, -0.2) is 57.8 Å². The molecule has 2 aliphatic rings. The third kappa shape index (κ3) is 3.72. The van der Waals surface area contributed by atoms with Crippen molar-refractivity contribution in [1.29, 1.82) is 0 Å². The molecule has 1 aromatic heterocycles. The molecule has 12 heteroatoms. The summed E-state index contributed by atoms with van der Waals surface area (Å²) in [7, 11) is 0. The summed E-state index contributed by atoms with van der Waals surface area (Å²) in [5, 5.41) is 0.353. The molecule has 2 fully saturated rings. The van der Waals surface area contributed by atoms with Crippen LogP contribution < -0.4 is 10.6 Å². The number of hydrogen-bond acceptors (Lipinski definition) is 4. The van der Waals surface area contributed by atoms with Gasteiger partial charge in [-0.25, -0.2) is 9.78 Å². The molecule has 4 amide bonds. The van der Waals surface area contributed by atoms with Gasteiger partial charge in [-0.05, 0) is 29.8 Å². The van der Waals surface area contributed by atoms with Gasteiger partial charge >= 0.3 is 12.2 Å². The Morgan fingerprint density at radius 3 is 2.31 bits per heavy atom. The molecule has 0 radical (unpaired) electrons. The lowest BCUT2D eigenvalue weighted by Crippen LogP contribution is -2.81. The van der Waals surface area contributed by atoms with Crippen molar-refractivity contribution >= 4 is 35.3 Å². The third-order valence-electron chi connectivity index (χ3n) is 5.58. The molecule has 2 N–H and O–H groups in total. The summed E-state index contributed by atoms with van der Waals surface area (Å²) < 4.78 is 38.5. The number of anilines is 1. The highest BCUT2D eigenvalue weighted by Gasteiger charge is 2.60. The number of aromatic nitrogens is 1. The number of nitrogens with zero attached hydrogens (tertiary/aromatic N) is 4. The molecular formula is C20H17ClF3N5O3. The largest absolute Gasteiger partial charge is 0.416 e. The molecule has 2 saturated heterocycles. The lowest BCUT2D eigenvalue weighted by molar-refractivity contribution is -0.161. The van der Waals surface area contributed by atoms with E-state index in [4.69, 9.17) is 17.3 Å². The second-order valence-corrected chi connectivity index (χ2v) is 8.06. The van der Waals surface area contributed by atoms with E-state index in [1.165, 1.54) is 45.2 Å². The van der Waals surface area contributed by atoms with Crippen molar-refractivity contribution < 1.29 is 27.6 Å². The van der Waals surface area contributed by atoms with Gasteiger partial charge in [-0.15, -0.1) is 0 Å². The zero-order valence-corrected chi connectivity index (χ0v) is 17.2. The van der Waals surface area contributed by atoms with Gasteiger partial charge in [0.1, 0.15) is 12.4 Å². The molecule has 0 atom stereocenters. The van der Waals surface area contributed by atoms with Gasteiger partial charge in [0.05, 0.1) is 23.7 Å². The molecule has 1 aromatic carbocycles. The number of alkyl halides is 3. The number of rotatable bonds is 3. The molecule has 32 heavy (non-hydrogen) atoms. The van der Waals surface area contributed by atoms with Crippen LogP contribution in [0.3, 0.4) is 0 Å². The summed E-state index contributed by atoms with van der Waals surface area (Å²) in [5.74, 6) is -0.680. The normalized spacial score (nSPS) is 18.2. The molecule has 4 rings (SSSR count). The Bertz CT molecular complexity index is 1070. The van der Waals surface area contributed by atoms with E-state index in [0.29, 0.717) is 10.6 Å². The molecule has 2 aliphatic heterocycles. The molecular weight excluding hydrogens is 451 g/mol. The second kappa shape index (κ2) is 7.66. The van der Waals surface area contributed by atoms with Gasteiger partial charge in [-0.2, -0.15) is 13.2 Å². The maximum Gasteiger partial charge on any atom is 0.416 e. The second-order valence-electron chi connectivity index (χ2n) is 7.63. The number of urea groups is 1. The first kappa shape index (κ1) is 21.9. The highest BCUT2D eigenvalue weighted by Crippen LogP contribution is 2.37. The summed E-state index contributed by atoms with van der Waals surface area (Å²) >= 11 is 5.85. The standard InChI is InChI=1S/C20H17ClF3N5O3/c21-14-5-6-15(26-7-14)28-9-16(30)29(19(17(28)31)10-27(11-19)18(25)32)8-12-1-3-13(4-2-12)20(22,23)24/h1-7H,8-11H2,(H2,25,32). The summed E-state index contributed by atoms with van der Waals surface area (Å²) in [6.45, 7) is -0.668. The van der Waals surface area contributed by atoms with E-state index in [2.05, 4.69) is 4.98 Å². The number of carbonyl (C=O) groups excluding carboxylic acids is 3. The topological polar surface area (TPSA) is 99.8 Å². The van der Waals surface area contributed by atoms with E-state index in [1.807, 2.05) is 0 Å². The van der Waals surface area contributed by atoms with Crippen LogP contribution in [0.2, 0.25) is 5.02 Å². The maximum atomic E-state index is 13.4. The average Bonchev–Trinajstić information content (AvgIpc) is 2.69. The fourth-order valence-corrected chi connectivity index (χ4v) is 3.99. The fraction of sp³-hybridized carbons (Fsp3) is 0.300. The Balaban J connectivity index is 1.64. The van der Waals surface area contributed by atoms with Crippen LogP contribution in [0.1, 0.15) is 11.1 Å². The highest BCUT2D eigenvalue weighted by atomic mass is 35.5. The van der Waals surface area contributed by atoms with Crippen molar-refractivity contribution in [2.45, 2.75) is 18.3 Å². The van der Waals surface area contributed by atoms with Crippen LogP contribution in [-0.2, 0) is 22.3 Å². The first-order valence-electron chi connectivity index (χ1n) is 9.46. The van der Waals surface area contributed by atoms with E-state index in [-0.39, 0.29) is 32.0 Å². The highest BCUT2D eigenvalue weighted by molar-refractivity contribution is 6.30. The van der Waals surface area contributed by atoms with E-state index >= 15 is 0 Å². The number of halogens is 4. The SMILES string of the molecule is NC(=O)N1CC2(C1)C(=O)N(c1ccc(Cl)cn1)CC(=O)N2Cc1ccc(C(F)(F)F)cc1. The summed E-state index contributed by atoms with van der Waals surface area (Å²) in [5.41, 5.74) is 3.51. The monoisotopic (exact) mass is 467 g/mol. The number of hydrogen-bond donors (Lipinski definition) is 1. The van der Waals surface area contributed by atoms with Crippen LogP contribution in [0.25, 0.3) is 0 Å².